The second-order valence-corrected chi connectivity index (χ2v) is 23.3. The van der Waals surface area contributed by atoms with Gasteiger partial charge in [0.2, 0.25) is 70.9 Å². The Morgan fingerprint density at radius 3 is 0.647 bits per heavy atom. The SMILES string of the molecule is NCCCC[C@H](NC(=O)[C@H](CCCN=C(N)N)NC(=O)CN)C(=O)N[C@@H](CCCCN)C(=O)N[C@@H](CCCN=C(N)N)C(=O)N[C@@H](CCCN=C(N)N)C(=O)N[C@@H](CCC(N)=O)C(=O)N[C@@H](CCCN=C(N)N)C(=O)N[C@@H](CCCN=C(N)N)C(=O)N[C@@H](CCCN=C(N)N)C(=O)NCC(N)=O. The minimum atomic E-state index is -1.73. The standard InChI is InChI=1S/C57H113N33O12/c58-21-3-1-11-33(84-44(95)32(82-42(93)29-60)14-6-24-76-53(65)66)45(96)85-34(12-2-4-22-59)46(97)86-36(16-8-26-78-55(69)70)48(99)88-38(18-10-28-80-57(73)74)50(101)90-39(19-20-40(61)91)51(102)89-37(17-9-27-79-56(71)72)49(100)87-35(15-7-25-77-54(67)68)47(98)83-31(13-5-23-75-52(63)64)43(94)81-30-41(62)92/h31-39H,1-30,58-60H2,(H2,61,91)(H2,62,92)(H,81,94)(H,82,93)(H,83,98)(H,84,95)(H,85,96)(H,86,97)(H,87,100)(H,88,99)(H,89,102)(H,90,101)(H4,63,64,75)(H4,65,66,76)(H4,67,68,77)(H4,69,70,78)(H4,71,72,79)(H4,73,74,80)/t31-,32-,33-,34-,35-,36-,37-,38-,39-/m0/s1. The number of unbranched alkanes of at least 4 members (excludes halogenated alkanes) is 2. The second kappa shape index (κ2) is 53.1. The van der Waals surface area contributed by atoms with E-state index in [0.717, 1.165) is 0 Å². The Morgan fingerprint density at radius 2 is 0.451 bits per heavy atom. The lowest BCUT2D eigenvalue weighted by Gasteiger charge is -2.28. The maximum atomic E-state index is 14.7. The Morgan fingerprint density at radius 1 is 0.245 bits per heavy atom. The third-order valence-corrected chi connectivity index (χ3v) is 14.6. The molecule has 0 unspecified atom stereocenters. The average Bonchev–Trinajstić information content (AvgIpc) is 0.861. The second-order valence-electron chi connectivity index (χ2n) is 23.3. The summed E-state index contributed by atoms with van der Waals surface area (Å²) < 4.78 is 0. The fraction of sp³-hybridized carbons (Fsp3) is 0.684. The molecule has 45 heteroatoms. The Bertz CT molecular complexity index is 2850. The summed E-state index contributed by atoms with van der Waals surface area (Å²) in [6, 6.07) is -13.2. The third kappa shape index (κ3) is 44.2. The van der Waals surface area contributed by atoms with Gasteiger partial charge in [0, 0.05) is 45.7 Å². The monoisotopic (exact) mass is 1450 g/mol. The molecule has 0 spiro atoms. The van der Waals surface area contributed by atoms with Crippen LogP contribution < -0.4 is 151 Å². The normalized spacial score (nSPS) is 13.3. The van der Waals surface area contributed by atoms with Gasteiger partial charge in [-0.25, -0.2) is 0 Å². The highest BCUT2D eigenvalue weighted by atomic mass is 16.2. The van der Waals surface area contributed by atoms with Gasteiger partial charge in [-0.15, -0.1) is 0 Å². The Balaban J connectivity index is 7.69. The number of aliphatic imine (C=N–C) groups is 6. The summed E-state index contributed by atoms with van der Waals surface area (Å²) in [7, 11) is 0. The summed E-state index contributed by atoms with van der Waals surface area (Å²) in [5.74, 6) is -12.6. The molecule has 0 bridgehead atoms. The molecular formula is C57H113N33O12. The van der Waals surface area contributed by atoms with E-state index in [1.807, 2.05) is 0 Å². The van der Waals surface area contributed by atoms with Crippen LogP contribution >= 0.6 is 0 Å². The first-order valence-corrected chi connectivity index (χ1v) is 33.2. The molecule has 0 saturated heterocycles. The van der Waals surface area contributed by atoms with Crippen LogP contribution in [-0.4, -0.2) is 226 Å². The zero-order valence-electron chi connectivity index (χ0n) is 57.8. The quantitative estimate of drug-likeness (QED) is 0.0153. The van der Waals surface area contributed by atoms with E-state index in [0.29, 0.717) is 19.3 Å². The van der Waals surface area contributed by atoms with Crippen molar-refractivity contribution in [3.63, 3.8) is 0 Å². The molecule has 0 saturated carbocycles. The van der Waals surface area contributed by atoms with Crippen LogP contribution in [0, 0.1) is 0 Å². The van der Waals surface area contributed by atoms with Gasteiger partial charge in [0.1, 0.15) is 54.4 Å². The molecule has 0 fully saturated rings. The van der Waals surface area contributed by atoms with Crippen LogP contribution in [0.5, 0.6) is 0 Å². The fourth-order valence-corrected chi connectivity index (χ4v) is 9.44. The largest absolute Gasteiger partial charge is 0.370 e. The van der Waals surface area contributed by atoms with Crippen molar-refractivity contribution in [2.45, 2.75) is 183 Å². The number of rotatable bonds is 56. The summed E-state index contributed by atoms with van der Waals surface area (Å²) >= 11 is 0. The van der Waals surface area contributed by atoms with Crippen molar-refractivity contribution >= 4 is 107 Å². The number of nitrogens with zero attached hydrogens (tertiary/aromatic N) is 6. The molecule has 0 aromatic carbocycles. The average molecular weight is 1450 g/mol. The first-order chi connectivity index (χ1) is 48.2. The molecule has 0 radical (unpaired) electrons. The summed E-state index contributed by atoms with van der Waals surface area (Å²) in [6.07, 6.45) is -0.224. The van der Waals surface area contributed by atoms with Crippen LogP contribution in [0.2, 0.25) is 0 Å². The van der Waals surface area contributed by atoms with Gasteiger partial charge < -0.3 is 151 Å². The van der Waals surface area contributed by atoms with Gasteiger partial charge in [0.25, 0.3) is 0 Å². The molecule has 0 rings (SSSR count). The topological polar surface area (TPSA) is 842 Å². The molecule has 102 heavy (non-hydrogen) atoms. The van der Waals surface area contributed by atoms with Crippen LogP contribution in [0.4, 0.5) is 0 Å². The maximum absolute atomic E-state index is 14.7. The minimum absolute atomic E-state index is 0.00106. The number of carbonyl (C=O) groups is 12. The molecule has 0 aromatic heterocycles. The van der Waals surface area contributed by atoms with Crippen LogP contribution in [-0.2, 0) is 57.5 Å². The van der Waals surface area contributed by atoms with Crippen LogP contribution in [0.15, 0.2) is 30.0 Å². The van der Waals surface area contributed by atoms with Crippen molar-refractivity contribution < 1.29 is 57.5 Å². The van der Waals surface area contributed by atoms with Gasteiger partial charge in [-0.05, 0) is 135 Å². The molecule has 578 valence electrons. The number of hydrogen-bond donors (Lipinski definition) is 27. The number of nitrogens with two attached hydrogens (primary N) is 17. The van der Waals surface area contributed by atoms with Crippen LogP contribution in [0.1, 0.15) is 128 Å². The van der Waals surface area contributed by atoms with Gasteiger partial charge in [-0.3, -0.25) is 87.5 Å². The van der Waals surface area contributed by atoms with Crippen LogP contribution in [0.3, 0.4) is 0 Å². The molecule has 9 atom stereocenters. The van der Waals surface area contributed by atoms with Gasteiger partial charge >= 0.3 is 0 Å². The van der Waals surface area contributed by atoms with E-state index in [1.54, 1.807) is 0 Å². The highest BCUT2D eigenvalue weighted by Gasteiger charge is 2.36. The predicted molar refractivity (Wildman–Crippen MR) is 382 cm³/mol. The van der Waals surface area contributed by atoms with Gasteiger partial charge in [-0.1, -0.05) is 0 Å². The number of primary amides is 2. The Kier molecular flexibility index (Phi) is 47.4. The summed E-state index contributed by atoms with van der Waals surface area (Å²) in [6.45, 7) is -0.817. The number of carbonyl (C=O) groups excluding carboxylic acids is 12. The van der Waals surface area contributed by atoms with Crippen molar-refractivity contribution in [3.8, 4) is 0 Å². The van der Waals surface area contributed by atoms with E-state index in [9.17, 15) is 57.5 Å². The van der Waals surface area contributed by atoms with Gasteiger partial charge in [0.15, 0.2) is 35.8 Å². The minimum Gasteiger partial charge on any atom is -0.370 e. The van der Waals surface area contributed by atoms with Crippen LogP contribution in [0.25, 0.3) is 0 Å². The first-order valence-electron chi connectivity index (χ1n) is 33.2. The molecule has 0 aliphatic carbocycles. The first kappa shape index (κ1) is 91.1. The van der Waals surface area contributed by atoms with Gasteiger partial charge in [-0.2, -0.15) is 0 Å². The van der Waals surface area contributed by atoms with E-state index in [2.05, 4.69) is 83.1 Å². The summed E-state index contributed by atoms with van der Waals surface area (Å²) in [4.78, 5) is 189. The number of amides is 12. The van der Waals surface area contributed by atoms with Gasteiger partial charge in [0.05, 0.1) is 13.1 Å². The van der Waals surface area contributed by atoms with E-state index in [-0.39, 0.29) is 184 Å². The van der Waals surface area contributed by atoms with E-state index < -0.39 is 151 Å². The van der Waals surface area contributed by atoms with Crippen molar-refractivity contribution in [3.05, 3.63) is 0 Å². The fourth-order valence-electron chi connectivity index (χ4n) is 9.44. The number of guanidine groups is 6. The van der Waals surface area contributed by atoms with E-state index >= 15 is 0 Å². The van der Waals surface area contributed by atoms with E-state index in [1.165, 1.54) is 0 Å². The molecule has 12 amide bonds. The Labute approximate surface area is 591 Å². The summed E-state index contributed by atoms with van der Waals surface area (Å²) in [5, 5.41) is 25.7. The van der Waals surface area contributed by atoms with Crippen molar-refractivity contribution in [1.82, 2.24) is 53.2 Å². The third-order valence-electron chi connectivity index (χ3n) is 14.6. The molecule has 0 aliphatic rings. The smallest absolute Gasteiger partial charge is 0.243 e. The lowest BCUT2D eigenvalue weighted by atomic mass is 10.0. The van der Waals surface area contributed by atoms with E-state index in [4.69, 9.17) is 97.5 Å². The molecule has 0 heterocycles. The van der Waals surface area contributed by atoms with Crippen molar-refractivity contribution in [2.75, 3.05) is 65.4 Å². The maximum Gasteiger partial charge on any atom is 0.243 e. The summed E-state index contributed by atoms with van der Waals surface area (Å²) in [5.41, 5.74) is 94.2. The lowest BCUT2D eigenvalue weighted by molar-refractivity contribution is -0.136. The molecule has 0 aromatic rings. The number of nitrogens with one attached hydrogen (secondary N) is 10. The molecule has 45 nitrogen and oxygen atoms in total. The number of hydrogen-bond acceptors (Lipinski definition) is 21. The molecule has 0 aliphatic heterocycles. The van der Waals surface area contributed by atoms with Crippen molar-refractivity contribution in [2.24, 2.45) is 127 Å². The zero-order valence-corrected chi connectivity index (χ0v) is 57.8. The molecule has 44 N–H and O–H groups in total. The zero-order chi connectivity index (χ0) is 77.1. The van der Waals surface area contributed by atoms with Crippen molar-refractivity contribution in [1.29, 1.82) is 0 Å². The Hall–Kier alpha value is -10.9. The predicted octanol–water partition coefficient (Wildman–Crippen LogP) is -13.2. The lowest BCUT2D eigenvalue weighted by Crippen LogP contribution is -2.60. The molecular weight excluding hydrogens is 1340 g/mol. The highest BCUT2D eigenvalue weighted by molar-refractivity contribution is 5.99. The highest BCUT2D eigenvalue weighted by Crippen LogP contribution is 2.13.